The van der Waals surface area contributed by atoms with Gasteiger partial charge in [0.2, 0.25) is 0 Å². The van der Waals surface area contributed by atoms with E-state index in [1.54, 1.807) is 6.92 Å². The molecule has 0 aliphatic heterocycles. The van der Waals surface area contributed by atoms with Crippen LogP contribution in [0, 0.1) is 11.8 Å². The van der Waals surface area contributed by atoms with Gasteiger partial charge in [-0.2, -0.15) is 0 Å². The Bertz CT molecular complexity index is 152. The van der Waals surface area contributed by atoms with Gasteiger partial charge in [-0.3, -0.25) is 0 Å². The van der Waals surface area contributed by atoms with E-state index in [0.29, 0.717) is 12.3 Å². The van der Waals surface area contributed by atoms with Gasteiger partial charge in [-0.15, -0.1) is 0 Å². The minimum atomic E-state index is 0.254. The molecule has 0 fully saturated rings. The minimum Gasteiger partial charge on any atom is -0.381 e. The van der Waals surface area contributed by atoms with E-state index in [-0.39, 0.29) is 5.78 Å². The van der Waals surface area contributed by atoms with Crippen molar-refractivity contribution in [1.82, 2.24) is 0 Å². The van der Waals surface area contributed by atoms with Crippen molar-refractivity contribution in [2.75, 3.05) is 13.2 Å². The number of hydrogen-bond donors (Lipinski definition) is 0. The maximum absolute atomic E-state index is 10.6. The first-order chi connectivity index (χ1) is 6.52. The third-order valence-corrected chi connectivity index (χ3v) is 2.09. The molecular formula is C12H24O2. The zero-order valence-corrected chi connectivity index (χ0v) is 10.0. The molecular weight excluding hydrogens is 176 g/mol. The number of rotatable bonds is 8. The predicted octanol–water partition coefficient (Wildman–Crippen LogP) is 3.05. The molecule has 0 bridgehead atoms. The van der Waals surface area contributed by atoms with Crippen LogP contribution in [0.3, 0.4) is 0 Å². The largest absolute Gasteiger partial charge is 0.381 e. The van der Waals surface area contributed by atoms with E-state index in [0.717, 1.165) is 25.6 Å². The number of carbonyl (C=O) groups excluding carboxylic acids is 1. The Kier molecular flexibility index (Phi) is 7.77. The molecule has 0 spiro atoms. The van der Waals surface area contributed by atoms with E-state index in [9.17, 15) is 4.79 Å². The highest BCUT2D eigenvalue weighted by molar-refractivity contribution is 5.75. The normalized spacial score (nSPS) is 13.2. The quantitative estimate of drug-likeness (QED) is 0.563. The Hall–Kier alpha value is -0.370. The zero-order valence-electron chi connectivity index (χ0n) is 10.0. The summed E-state index contributed by atoms with van der Waals surface area (Å²) in [6.45, 7) is 9.85. The summed E-state index contributed by atoms with van der Waals surface area (Å²) in [6, 6.07) is 0. The fraction of sp³-hybridized carbons (Fsp3) is 0.917. The summed E-state index contributed by atoms with van der Waals surface area (Å²) in [5.74, 6) is 1.63. The molecule has 0 aromatic carbocycles. The van der Waals surface area contributed by atoms with Crippen molar-refractivity contribution < 1.29 is 9.53 Å². The van der Waals surface area contributed by atoms with Crippen LogP contribution in [0.1, 0.15) is 47.0 Å². The SMILES string of the molecule is CC(=O)CCCOCC(C)CC(C)C. The molecule has 0 saturated carbocycles. The Morgan fingerprint density at radius 1 is 1.29 bits per heavy atom. The van der Waals surface area contributed by atoms with E-state index in [1.165, 1.54) is 6.42 Å². The Labute approximate surface area is 88.0 Å². The highest BCUT2D eigenvalue weighted by atomic mass is 16.5. The summed E-state index contributed by atoms with van der Waals surface area (Å²) in [7, 11) is 0. The summed E-state index contributed by atoms with van der Waals surface area (Å²) >= 11 is 0. The van der Waals surface area contributed by atoms with Gasteiger partial charge in [-0.1, -0.05) is 20.8 Å². The topological polar surface area (TPSA) is 26.3 Å². The summed E-state index contributed by atoms with van der Waals surface area (Å²) < 4.78 is 5.49. The van der Waals surface area contributed by atoms with E-state index in [4.69, 9.17) is 4.74 Å². The van der Waals surface area contributed by atoms with Gasteiger partial charge in [0.15, 0.2) is 0 Å². The van der Waals surface area contributed by atoms with Crippen LogP contribution in [0.5, 0.6) is 0 Å². The van der Waals surface area contributed by atoms with E-state index < -0.39 is 0 Å². The molecule has 1 unspecified atom stereocenters. The van der Waals surface area contributed by atoms with Gasteiger partial charge < -0.3 is 9.53 Å². The molecule has 2 nitrogen and oxygen atoms in total. The first kappa shape index (κ1) is 13.6. The van der Waals surface area contributed by atoms with Crippen molar-refractivity contribution in [2.45, 2.75) is 47.0 Å². The average Bonchev–Trinajstić information content (AvgIpc) is 2.01. The van der Waals surface area contributed by atoms with E-state index in [2.05, 4.69) is 20.8 Å². The summed E-state index contributed by atoms with van der Waals surface area (Å²) in [6.07, 6.45) is 2.73. The van der Waals surface area contributed by atoms with Crippen LogP contribution >= 0.6 is 0 Å². The van der Waals surface area contributed by atoms with Crippen LogP contribution in [-0.4, -0.2) is 19.0 Å². The molecule has 0 aromatic heterocycles. The monoisotopic (exact) mass is 200 g/mol. The van der Waals surface area contributed by atoms with Gasteiger partial charge in [-0.25, -0.2) is 0 Å². The van der Waals surface area contributed by atoms with Crippen LogP contribution in [0.4, 0.5) is 0 Å². The number of Topliss-reactive ketones (excluding diaryl/α,β-unsaturated/α-hetero) is 1. The van der Waals surface area contributed by atoms with Crippen molar-refractivity contribution in [3.8, 4) is 0 Å². The van der Waals surface area contributed by atoms with Crippen molar-refractivity contribution >= 4 is 5.78 Å². The molecule has 14 heavy (non-hydrogen) atoms. The third kappa shape index (κ3) is 9.72. The smallest absolute Gasteiger partial charge is 0.129 e. The highest BCUT2D eigenvalue weighted by Gasteiger charge is 2.04. The van der Waals surface area contributed by atoms with Crippen LogP contribution in [0.25, 0.3) is 0 Å². The number of carbonyl (C=O) groups is 1. The lowest BCUT2D eigenvalue weighted by Gasteiger charge is -2.13. The molecule has 0 rings (SSSR count). The first-order valence-corrected chi connectivity index (χ1v) is 5.59. The molecule has 0 aromatic rings. The predicted molar refractivity (Wildman–Crippen MR) is 59.4 cm³/mol. The van der Waals surface area contributed by atoms with Gasteiger partial charge in [0, 0.05) is 19.6 Å². The maximum Gasteiger partial charge on any atom is 0.129 e. The van der Waals surface area contributed by atoms with E-state index in [1.807, 2.05) is 0 Å². The fourth-order valence-electron chi connectivity index (χ4n) is 1.58. The van der Waals surface area contributed by atoms with Gasteiger partial charge in [0.25, 0.3) is 0 Å². The summed E-state index contributed by atoms with van der Waals surface area (Å²) in [5, 5.41) is 0. The zero-order chi connectivity index (χ0) is 11.0. The number of ether oxygens (including phenoxy) is 1. The van der Waals surface area contributed by atoms with Gasteiger partial charge in [-0.05, 0) is 31.6 Å². The van der Waals surface area contributed by atoms with Crippen LogP contribution in [0.2, 0.25) is 0 Å². The van der Waals surface area contributed by atoms with Crippen molar-refractivity contribution in [3.63, 3.8) is 0 Å². The molecule has 0 radical (unpaired) electrons. The summed E-state index contributed by atoms with van der Waals surface area (Å²) in [5.41, 5.74) is 0. The Morgan fingerprint density at radius 3 is 2.43 bits per heavy atom. The Morgan fingerprint density at radius 2 is 1.93 bits per heavy atom. The van der Waals surface area contributed by atoms with Gasteiger partial charge in [0.1, 0.15) is 5.78 Å². The maximum atomic E-state index is 10.6. The van der Waals surface area contributed by atoms with Gasteiger partial charge in [0.05, 0.1) is 0 Å². The molecule has 0 N–H and O–H groups in total. The average molecular weight is 200 g/mol. The van der Waals surface area contributed by atoms with Crippen LogP contribution < -0.4 is 0 Å². The third-order valence-electron chi connectivity index (χ3n) is 2.09. The number of hydrogen-bond acceptors (Lipinski definition) is 2. The van der Waals surface area contributed by atoms with Crippen molar-refractivity contribution in [3.05, 3.63) is 0 Å². The molecule has 0 heterocycles. The Balaban J connectivity index is 3.23. The fourth-order valence-corrected chi connectivity index (χ4v) is 1.58. The molecule has 0 aliphatic rings. The first-order valence-electron chi connectivity index (χ1n) is 5.59. The lowest BCUT2D eigenvalue weighted by Crippen LogP contribution is -2.09. The second kappa shape index (κ2) is 7.98. The molecule has 0 aliphatic carbocycles. The lowest BCUT2D eigenvalue weighted by atomic mass is 10.00. The molecule has 1 atom stereocenters. The lowest BCUT2D eigenvalue weighted by molar-refractivity contribution is -0.117. The molecule has 0 amide bonds. The number of ketones is 1. The standard InChI is InChI=1S/C12H24O2/c1-10(2)8-11(3)9-14-7-5-6-12(4)13/h10-11H,5-9H2,1-4H3. The van der Waals surface area contributed by atoms with E-state index >= 15 is 0 Å². The summed E-state index contributed by atoms with van der Waals surface area (Å²) in [4.78, 5) is 10.6. The highest BCUT2D eigenvalue weighted by Crippen LogP contribution is 2.11. The van der Waals surface area contributed by atoms with Crippen LogP contribution in [-0.2, 0) is 9.53 Å². The van der Waals surface area contributed by atoms with Crippen LogP contribution in [0.15, 0.2) is 0 Å². The van der Waals surface area contributed by atoms with Gasteiger partial charge >= 0.3 is 0 Å². The second-order valence-corrected chi connectivity index (χ2v) is 4.62. The van der Waals surface area contributed by atoms with Crippen molar-refractivity contribution in [1.29, 1.82) is 0 Å². The molecule has 0 saturated heterocycles. The molecule has 84 valence electrons. The second-order valence-electron chi connectivity index (χ2n) is 4.62. The minimum absolute atomic E-state index is 0.254. The molecule has 2 heteroatoms. The van der Waals surface area contributed by atoms with Crippen molar-refractivity contribution in [2.24, 2.45) is 11.8 Å².